The molecule has 0 aliphatic carbocycles. The number of rotatable bonds is 2. The molecule has 4 heteroatoms. The van der Waals surface area contributed by atoms with Gasteiger partial charge in [-0.1, -0.05) is 0 Å². The fourth-order valence-electron chi connectivity index (χ4n) is 1.45. The quantitative estimate of drug-likeness (QED) is 0.480. The summed E-state index contributed by atoms with van der Waals surface area (Å²) in [5.74, 6) is 5.46. The van der Waals surface area contributed by atoms with E-state index in [-0.39, 0.29) is 12.0 Å². The lowest BCUT2D eigenvalue weighted by molar-refractivity contribution is -0.151. The molecule has 0 aromatic rings. The minimum Gasteiger partial charge on any atom is -0.465 e. The van der Waals surface area contributed by atoms with E-state index in [1.165, 1.54) is 0 Å². The Labute approximate surface area is 72.6 Å². The first-order chi connectivity index (χ1) is 5.75. The van der Waals surface area contributed by atoms with Crippen LogP contribution >= 0.6 is 0 Å². The summed E-state index contributed by atoms with van der Waals surface area (Å²) in [6, 6.07) is -0.210. The second-order valence-electron chi connectivity index (χ2n) is 3.00. The van der Waals surface area contributed by atoms with Crippen LogP contribution in [-0.4, -0.2) is 30.2 Å². The van der Waals surface area contributed by atoms with Crippen molar-refractivity contribution >= 4 is 5.97 Å². The topological polar surface area (TPSA) is 55.6 Å². The van der Waals surface area contributed by atoms with Gasteiger partial charge in [0.25, 0.3) is 0 Å². The summed E-state index contributed by atoms with van der Waals surface area (Å²) in [7, 11) is 0. The van der Waals surface area contributed by atoms with E-state index in [2.05, 4.69) is 0 Å². The molecule has 1 fully saturated rings. The van der Waals surface area contributed by atoms with Gasteiger partial charge in [0.1, 0.15) is 6.04 Å². The van der Waals surface area contributed by atoms with Gasteiger partial charge in [0.2, 0.25) is 0 Å². The molecule has 1 rings (SSSR count). The normalized spacial score (nSPS) is 25.3. The van der Waals surface area contributed by atoms with E-state index >= 15 is 0 Å². The maximum Gasteiger partial charge on any atom is 0.324 e. The molecular weight excluding hydrogens is 156 g/mol. The number of hydrogen-bond donors (Lipinski definition) is 1. The number of esters is 1. The molecule has 0 bridgehead atoms. The third kappa shape index (κ3) is 2.19. The van der Waals surface area contributed by atoms with E-state index in [9.17, 15) is 4.79 Å². The number of piperidine rings is 1. The van der Waals surface area contributed by atoms with Gasteiger partial charge in [-0.2, -0.15) is 0 Å². The molecule has 70 valence electrons. The van der Waals surface area contributed by atoms with Gasteiger partial charge in [-0.15, -0.1) is 0 Å². The standard InChI is InChI=1S/C8H16N2O2/c1-2-12-8(11)7-5-3-4-6-10(7)9/h7H,2-6,9H2,1H3/t7-/m0/s1. The predicted molar refractivity (Wildman–Crippen MR) is 45.2 cm³/mol. The molecule has 1 aliphatic heterocycles. The molecule has 12 heavy (non-hydrogen) atoms. The molecule has 1 saturated heterocycles. The van der Waals surface area contributed by atoms with Crippen molar-refractivity contribution in [1.29, 1.82) is 0 Å². The molecule has 0 aromatic carbocycles. The zero-order valence-electron chi connectivity index (χ0n) is 7.45. The highest BCUT2D eigenvalue weighted by atomic mass is 16.5. The zero-order valence-corrected chi connectivity index (χ0v) is 7.45. The highest BCUT2D eigenvalue weighted by Crippen LogP contribution is 2.14. The van der Waals surface area contributed by atoms with Crippen molar-refractivity contribution < 1.29 is 9.53 Å². The minimum atomic E-state index is -0.210. The Kier molecular flexibility index (Phi) is 3.49. The largest absolute Gasteiger partial charge is 0.465 e. The number of ether oxygens (including phenoxy) is 1. The van der Waals surface area contributed by atoms with E-state index in [0.29, 0.717) is 6.61 Å². The number of hydrogen-bond acceptors (Lipinski definition) is 4. The fraction of sp³-hybridized carbons (Fsp3) is 0.875. The van der Waals surface area contributed by atoms with Crippen molar-refractivity contribution in [3.8, 4) is 0 Å². The molecule has 1 aliphatic rings. The van der Waals surface area contributed by atoms with Crippen molar-refractivity contribution in [1.82, 2.24) is 5.01 Å². The van der Waals surface area contributed by atoms with Crippen LogP contribution < -0.4 is 5.84 Å². The van der Waals surface area contributed by atoms with Crippen LogP contribution in [0.1, 0.15) is 26.2 Å². The Bertz CT molecular complexity index is 161. The SMILES string of the molecule is CCOC(=O)[C@@H]1CCCCN1N. The van der Waals surface area contributed by atoms with Crippen LogP contribution in [0.3, 0.4) is 0 Å². The molecule has 4 nitrogen and oxygen atoms in total. The van der Waals surface area contributed by atoms with Crippen molar-refractivity contribution in [2.75, 3.05) is 13.2 Å². The highest BCUT2D eigenvalue weighted by molar-refractivity contribution is 5.75. The van der Waals surface area contributed by atoms with Crippen LogP contribution in [0, 0.1) is 0 Å². The number of nitrogens with zero attached hydrogens (tertiary/aromatic N) is 1. The molecular formula is C8H16N2O2. The Balaban J connectivity index is 2.42. The lowest BCUT2D eigenvalue weighted by Crippen LogP contribution is -2.49. The maximum atomic E-state index is 11.3. The first kappa shape index (κ1) is 9.48. The molecule has 0 spiro atoms. The third-order valence-corrected chi connectivity index (χ3v) is 2.10. The highest BCUT2D eigenvalue weighted by Gasteiger charge is 2.27. The van der Waals surface area contributed by atoms with Gasteiger partial charge in [0.05, 0.1) is 6.61 Å². The Morgan fingerprint density at radius 2 is 2.42 bits per heavy atom. The lowest BCUT2D eigenvalue weighted by Gasteiger charge is -2.29. The molecule has 0 aromatic heterocycles. The number of hydrazine groups is 1. The summed E-state index contributed by atoms with van der Waals surface area (Å²) in [5, 5.41) is 1.58. The molecule has 1 atom stereocenters. The number of carbonyl (C=O) groups is 1. The van der Waals surface area contributed by atoms with Gasteiger partial charge in [-0.05, 0) is 26.2 Å². The third-order valence-electron chi connectivity index (χ3n) is 2.10. The van der Waals surface area contributed by atoms with Crippen molar-refractivity contribution in [2.45, 2.75) is 32.2 Å². The Hall–Kier alpha value is -0.610. The summed E-state index contributed by atoms with van der Waals surface area (Å²) in [4.78, 5) is 11.3. The van der Waals surface area contributed by atoms with E-state index in [0.717, 1.165) is 25.8 Å². The summed E-state index contributed by atoms with van der Waals surface area (Å²) in [6.07, 6.45) is 2.97. The fourth-order valence-corrected chi connectivity index (χ4v) is 1.45. The summed E-state index contributed by atoms with van der Waals surface area (Å²) in [6.45, 7) is 3.04. The molecule has 0 radical (unpaired) electrons. The van der Waals surface area contributed by atoms with Crippen LogP contribution in [0.15, 0.2) is 0 Å². The van der Waals surface area contributed by atoms with Gasteiger partial charge in [-0.3, -0.25) is 10.6 Å². The van der Waals surface area contributed by atoms with Gasteiger partial charge in [-0.25, -0.2) is 5.01 Å². The maximum absolute atomic E-state index is 11.3. The number of carbonyl (C=O) groups excluding carboxylic acids is 1. The number of nitrogens with two attached hydrogens (primary N) is 1. The van der Waals surface area contributed by atoms with Crippen LogP contribution in [0.4, 0.5) is 0 Å². The molecule has 1 heterocycles. The van der Waals surface area contributed by atoms with Crippen LogP contribution in [-0.2, 0) is 9.53 Å². The van der Waals surface area contributed by atoms with Gasteiger partial charge in [0, 0.05) is 6.54 Å². The van der Waals surface area contributed by atoms with Crippen molar-refractivity contribution in [3.05, 3.63) is 0 Å². The smallest absolute Gasteiger partial charge is 0.324 e. The molecule has 2 N–H and O–H groups in total. The summed E-state index contributed by atoms with van der Waals surface area (Å²) >= 11 is 0. The van der Waals surface area contributed by atoms with E-state index in [1.54, 1.807) is 5.01 Å². The second kappa shape index (κ2) is 4.42. The van der Waals surface area contributed by atoms with E-state index in [4.69, 9.17) is 10.6 Å². The lowest BCUT2D eigenvalue weighted by atomic mass is 10.0. The van der Waals surface area contributed by atoms with E-state index < -0.39 is 0 Å². The van der Waals surface area contributed by atoms with E-state index in [1.807, 2.05) is 6.92 Å². The average Bonchev–Trinajstić information content (AvgIpc) is 2.05. The molecule has 0 unspecified atom stereocenters. The van der Waals surface area contributed by atoms with Gasteiger partial charge < -0.3 is 4.74 Å². The average molecular weight is 172 g/mol. The first-order valence-electron chi connectivity index (χ1n) is 4.43. The molecule has 0 amide bonds. The van der Waals surface area contributed by atoms with Gasteiger partial charge >= 0.3 is 5.97 Å². The first-order valence-corrected chi connectivity index (χ1v) is 4.43. The monoisotopic (exact) mass is 172 g/mol. The van der Waals surface area contributed by atoms with Crippen LogP contribution in [0.5, 0.6) is 0 Å². The van der Waals surface area contributed by atoms with Gasteiger partial charge in [0.15, 0.2) is 0 Å². The van der Waals surface area contributed by atoms with Crippen LogP contribution in [0.25, 0.3) is 0 Å². The summed E-state index contributed by atoms with van der Waals surface area (Å²) < 4.78 is 4.89. The Morgan fingerprint density at radius 1 is 1.67 bits per heavy atom. The molecule has 0 saturated carbocycles. The Morgan fingerprint density at radius 3 is 3.00 bits per heavy atom. The second-order valence-corrected chi connectivity index (χ2v) is 3.00. The minimum absolute atomic E-state index is 0.181. The zero-order chi connectivity index (χ0) is 8.97. The van der Waals surface area contributed by atoms with Crippen LogP contribution in [0.2, 0.25) is 0 Å². The van der Waals surface area contributed by atoms with Crippen molar-refractivity contribution in [3.63, 3.8) is 0 Å². The van der Waals surface area contributed by atoms with Crippen molar-refractivity contribution in [2.24, 2.45) is 5.84 Å². The summed E-state index contributed by atoms with van der Waals surface area (Å²) in [5.41, 5.74) is 0. The predicted octanol–water partition coefficient (Wildman–Crippen LogP) is 0.278.